The van der Waals surface area contributed by atoms with Crippen molar-refractivity contribution in [3.63, 3.8) is 0 Å². The van der Waals surface area contributed by atoms with Crippen molar-refractivity contribution in [2.24, 2.45) is 0 Å². The number of benzene rings is 1. The van der Waals surface area contributed by atoms with Crippen molar-refractivity contribution >= 4 is 28.1 Å². The largest absolute Gasteiger partial charge is 0.0985 e. The van der Waals surface area contributed by atoms with E-state index in [9.17, 15) is 0 Å². The molecule has 1 heteroatoms. The number of hydrogen-bond donors (Lipinski definition) is 0. The van der Waals surface area contributed by atoms with Crippen LogP contribution < -0.4 is 0 Å². The topological polar surface area (TPSA) is 0 Å². The van der Waals surface area contributed by atoms with Gasteiger partial charge in [0.05, 0.1) is 0 Å². The third-order valence-corrected chi connectivity index (χ3v) is 2.17. The molecule has 0 spiro atoms. The molecule has 1 aromatic rings. The van der Waals surface area contributed by atoms with E-state index in [1.54, 1.807) is 0 Å². The molecule has 0 aliphatic carbocycles. The fourth-order valence-electron chi connectivity index (χ4n) is 0.836. The van der Waals surface area contributed by atoms with E-state index in [1.807, 2.05) is 30.4 Å². The van der Waals surface area contributed by atoms with E-state index in [2.05, 4.69) is 29.1 Å². The van der Waals surface area contributed by atoms with Crippen LogP contribution in [-0.2, 0) is 0 Å². The first-order chi connectivity index (χ1) is 5.27. The summed E-state index contributed by atoms with van der Waals surface area (Å²) < 4.78 is 1.06. The fraction of sp³-hybridized carbons (Fsp3) is 0. The molecule has 0 atom stereocenters. The Morgan fingerprint density at radius 3 is 2.36 bits per heavy atom. The molecule has 1 aromatic carbocycles. The minimum atomic E-state index is 1.06. The molecule has 0 unspecified atom stereocenters. The molecule has 0 fully saturated rings. The second-order valence-electron chi connectivity index (χ2n) is 2.19. The first kappa shape index (κ1) is 8.28. The summed E-state index contributed by atoms with van der Waals surface area (Å²) in [6, 6.07) is 6.03. The SMILES string of the molecule is C=Cc1ccc(C=C)c(Br)c1. The second kappa shape index (κ2) is 3.54. The molecular weight excluding hydrogens is 200 g/mol. The minimum absolute atomic E-state index is 1.06. The highest BCUT2D eigenvalue weighted by Gasteiger charge is 1.94. The van der Waals surface area contributed by atoms with Gasteiger partial charge in [0.25, 0.3) is 0 Å². The molecule has 0 saturated heterocycles. The molecule has 0 bridgehead atoms. The highest BCUT2D eigenvalue weighted by atomic mass is 79.9. The van der Waals surface area contributed by atoms with E-state index in [-0.39, 0.29) is 0 Å². The van der Waals surface area contributed by atoms with Crippen LogP contribution in [0, 0.1) is 0 Å². The molecule has 0 radical (unpaired) electrons. The molecule has 0 aliphatic heterocycles. The maximum atomic E-state index is 3.69. The number of hydrogen-bond acceptors (Lipinski definition) is 0. The van der Waals surface area contributed by atoms with Gasteiger partial charge in [-0.1, -0.05) is 53.4 Å². The zero-order valence-electron chi connectivity index (χ0n) is 6.18. The predicted octanol–water partition coefficient (Wildman–Crippen LogP) is 3.74. The Kier molecular flexibility index (Phi) is 2.66. The van der Waals surface area contributed by atoms with Crippen molar-refractivity contribution in [3.05, 3.63) is 47.0 Å². The Bertz CT molecular complexity index is 287. The van der Waals surface area contributed by atoms with Crippen LogP contribution in [0.15, 0.2) is 35.8 Å². The molecule has 0 aromatic heterocycles. The lowest BCUT2D eigenvalue weighted by molar-refractivity contribution is 1.57. The summed E-state index contributed by atoms with van der Waals surface area (Å²) in [5.74, 6) is 0. The van der Waals surface area contributed by atoms with Gasteiger partial charge in [-0.15, -0.1) is 0 Å². The van der Waals surface area contributed by atoms with Gasteiger partial charge >= 0.3 is 0 Å². The van der Waals surface area contributed by atoms with E-state index < -0.39 is 0 Å². The van der Waals surface area contributed by atoms with E-state index in [4.69, 9.17) is 0 Å². The van der Waals surface area contributed by atoms with Crippen LogP contribution in [0.5, 0.6) is 0 Å². The van der Waals surface area contributed by atoms with Crippen molar-refractivity contribution < 1.29 is 0 Å². The molecule has 0 heterocycles. The van der Waals surface area contributed by atoms with Crippen LogP contribution in [0.1, 0.15) is 11.1 Å². The van der Waals surface area contributed by atoms with Crippen LogP contribution in [-0.4, -0.2) is 0 Å². The number of rotatable bonds is 2. The van der Waals surface area contributed by atoms with Gasteiger partial charge in [0.1, 0.15) is 0 Å². The van der Waals surface area contributed by atoms with Crippen molar-refractivity contribution in [1.29, 1.82) is 0 Å². The van der Waals surface area contributed by atoms with Crippen LogP contribution in [0.4, 0.5) is 0 Å². The Labute approximate surface area is 75.4 Å². The molecule has 0 N–H and O–H groups in total. The van der Waals surface area contributed by atoms with Crippen LogP contribution in [0.25, 0.3) is 12.2 Å². The minimum Gasteiger partial charge on any atom is -0.0985 e. The summed E-state index contributed by atoms with van der Waals surface area (Å²) in [7, 11) is 0. The lowest BCUT2D eigenvalue weighted by Crippen LogP contribution is -1.76. The summed E-state index contributed by atoms with van der Waals surface area (Å²) in [4.78, 5) is 0. The van der Waals surface area contributed by atoms with Crippen LogP contribution in [0.2, 0.25) is 0 Å². The van der Waals surface area contributed by atoms with Gasteiger partial charge in [0.15, 0.2) is 0 Å². The Hall–Kier alpha value is -0.820. The van der Waals surface area contributed by atoms with Crippen molar-refractivity contribution in [2.45, 2.75) is 0 Å². The molecule has 0 nitrogen and oxygen atoms in total. The van der Waals surface area contributed by atoms with Gasteiger partial charge in [-0.25, -0.2) is 0 Å². The predicted molar refractivity (Wildman–Crippen MR) is 54.3 cm³/mol. The van der Waals surface area contributed by atoms with Gasteiger partial charge < -0.3 is 0 Å². The molecule has 0 saturated carbocycles. The maximum absolute atomic E-state index is 3.69. The smallest absolute Gasteiger partial charge is 0.0253 e. The molecule has 1 rings (SSSR count). The maximum Gasteiger partial charge on any atom is 0.0253 e. The lowest BCUT2D eigenvalue weighted by atomic mass is 10.1. The van der Waals surface area contributed by atoms with E-state index >= 15 is 0 Å². The van der Waals surface area contributed by atoms with E-state index in [0.717, 1.165) is 15.6 Å². The summed E-state index contributed by atoms with van der Waals surface area (Å²) in [5, 5.41) is 0. The molecule has 0 amide bonds. The summed E-state index contributed by atoms with van der Waals surface area (Å²) >= 11 is 3.43. The van der Waals surface area contributed by atoms with Crippen LogP contribution in [0.3, 0.4) is 0 Å². The summed E-state index contributed by atoms with van der Waals surface area (Å²) in [5.41, 5.74) is 2.22. The number of halogens is 1. The third kappa shape index (κ3) is 1.81. The lowest BCUT2D eigenvalue weighted by Gasteiger charge is -1.98. The van der Waals surface area contributed by atoms with E-state index in [0.29, 0.717) is 0 Å². The highest BCUT2D eigenvalue weighted by molar-refractivity contribution is 9.10. The van der Waals surface area contributed by atoms with Crippen LogP contribution >= 0.6 is 15.9 Å². The van der Waals surface area contributed by atoms with Crippen molar-refractivity contribution in [2.75, 3.05) is 0 Å². The second-order valence-corrected chi connectivity index (χ2v) is 3.04. The first-order valence-corrected chi connectivity index (χ1v) is 4.11. The first-order valence-electron chi connectivity index (χ1n) is 3.32. The quantitative estimate of drug-likeness (QED) is 0.695. The van der Waals surface area contributed by atoms with Gasteiger partial charge in [-0.3, -0.25) is 0 Å². The summed E-state index contributed by atoms with van der Waals surface area (Å²) in [6.45, 7) is 7.37. The third-order valence-electron chi connectivity index (χ3n) is 1.48. The van der Waals surface area contributed by atoms with E-state index in [1.165, 1.54) is 0 Å². The fourth-order valence-corrected chi connectivity index (χ4v) is 1.39. The Morgan fingerprint density at radius 1 is 1.18 bits per heavy atom. The standard InChI is InChI=1S/C10H9Br/c1-3-8-5-6-9(4-2)10(11)7-8/h3-7H,1-2H2. The zero-order chi connectivity index (χ0) is 8.27. The molecular formula is C10H9Br. The van der Waals surface area contributed by atoms with Gasteiger partial charge in [-0.05, 0) is 17.2 Å². The van der Waals surface area contributed by atoms with Gasteiger partial charge in [0.2, 0.25) is 0 Å². The highest BCUT2D eigenvalue weighted by Crippen LogP contribution is 2.19. The molecule has 56 valence electrons. The normalized spacial score (nSPS) is 9.18. The average Bonchev–Trinajstić information content (AvgIpc) is 2.04. The zero-order valence-corrected chi connectivity index (χ0v) is 7.76. The average molecular weight is 209 g/mol. The van der Waals surface area contributed by atoms with Crippen molar-refractivity contribution in [1.82, 2.24) is 0 Å². The monoisotopic (exact) mass is 208 g/mol. The Balaban J connectivity index is 3.18. The molecule has 0 aliphatic rings. The molecule has 11 heavy (non-hydrogen) atoms. The Morgan fingerprint density at radius 2 is 1.91 bits per heavy atom. The van der Waals surface area contributed by atoms with Gasteiger partial charge in [0, 0.05) is 4.47 Å². The summed E-state index contributed by atoms with van der Waals surface area (Å²) in [6.07, 6.45) is 3.63. The van der Waals surface area contributed by atoms with Gasteiger partial charge in [-0.2, -0.15) is 0 Å². The van der Waals surface area contributed by atoms with Crippen molar-refractivity contribution in [3.8, 4) is 0 Å².